The van der Waals surface area contributed by atoms with Crippen LogP contribution in [0, 0.1) is 0 Å². The van der Waals surface area contributed by atoms with Gasteiger partial charge in [0.1, 0.15) is 0 Å². The predicted octanol–water partition coefficient (Wildman–Crippen LogP) is 1.78. The quantitative estimate of drug-likeness (QED) is 0.731. The van der Waals surface area contributed by atoms with E-state index in [1.54, 1.807) is 18.3 Å². The van der Waals surface area contributed by atoms with Crippen molar-refractivity contribution in [1.82, 2.24) is 4.57 Å². The number of nitrogens with zero attached hydrogens (tertiary/aromatic N) is 1. The molecule has 0 radical (unpaired) electrons. The molecule has 0 aromatic carbocycles. The van der Waals surface area contributed by atoms with Crippen LogP contribution in [0.5, 0.6) is 0 Å². The Hall–Kier alpha value is -1.38. The third kappa shape index (κ3) is 2.10. The van der Waals surface area contributed by atoms with Crippen LogP contribution in [0.15, 0.2) is 29.2 Å². The highest BCUT2D eigenvalue weighted by atomic mass is 16.1. The highest BCUT2D eigenvalue weighted by molar-refractivity contribution is 5.82. The average Bonchev–Trinajstić information content (AvgIpc) is 2.21. The summed E-state index contributed by atoms with van der Waals surface area (Å²) in [6, 6.07) is 4.63. The lowest BCUT2D eigenvalue weighted by atomic mass is 10.1. The predicted molar refractivity (Wildman–Crippen MR) is 55.3 cm³/mol. The normalized spacial score (nSPS) is 12.4. The summed E-state index contributed by atoms with van der Waals surface area (Å²) in [4.78, 5) is 23.0. The van der Waals surface area contributed by atoms with Crippen LogP contribution in [0.25, 0.3) is 0 Å². The molecule has 1 aromatic rings. The maximum atomic E-state index is 11.5. The second-order valence-corrected chi connectivity index (χ2v) is 3.19. The van der Waals surface area contributed by atoms with Crippen molar-refractivity contribution in [2.24, 2.45) is 0 Å². The molecular formula is C11H15NO2. The number of pyridine rings is 1. The number of rotatable bonds is 4. The van der Waals surface area contributed by atoms with E-state index in [1.165, 1.54) is 10.6 Å². The fourth-order valence-corrected chi connectivity index (χ4v) is 1.51. The molecule has 0 amide bonds. The van der Waals surface area contributed by atoms with Gasteiger partial charge in [-0.1, -0.05) is 19.9 Å². The first-order valence-electron chi connectivity index (χ1n) is 4.90. The van der Waals surface area contributed by atoms with Gasteiger partial charge in [0.2, 0.25) is 0 Å². The first-order chi connectivity index (χ1) is 6.70. The van der Waals surface area contributed by atoms with Crippen LogP contribution in [0.4, 0.5) is 0 Å². The van der Waals surface area contributed by atoms with Crippen LogP contribution in [-0.2, 0) is 4.79 Å². The summed E-state index contributed by atoms with van der Waals surface area (Å²) in [6.07, 6.45) is 2.81. The monoisotopic (exact) mass is 193 g/mol. The molecule has 0 N–H and O–H groups in total. The molecule has 1 unspecified atom stereocenters. The third-order valence-electron chi connectivity index (χ3n) is 2.29. The molecule has 1 heterocycles. The standard InChI is InChI=1S/C11H15NO2/c1-3-9(10(13)4-2)12-8-6-5-7-11(12)14/h5-9H,3-4H2,1-2H3. The molecule has 1 aromatic heterocycles. The van der Waals surface area contributed by atoms with Crippen LogP contribution in [0.2, 0.25) is 0 Å². The second kappa shape index (κ2) is 4.74. The van der Waals surface area contributed by atoms with Gasteiger partial charge in [-0.15, -0.1) is 0 Å². The molecule has 14 heavy (non-hydrogen) atoms. The van der Waals surface area contributed by atoms with Crippen molar-refractivity contribution >= 4 is 5.78 Å². The van der Waals surface area contributed by atoms with E-state index in [0.29, 0.717) is 12.8 Å². The number of hydrogen-bond acceptors (Lipinski definition) is 2. The Labute approximate surface area is 83.4 Å². The maximum absolute atomic E-state index is 11.5. The minimum Gasteiger partial charge on any atom is -0.305 e. The van der Waals surface area contributed by atoms with Gasteiger partial charge in [-0.25, -0.2) is 0 Å². The molecule has 0 spiro atoms. The summed E-state index contributed by atoms with van der Waals surface area (Å²) in [5, 5.41) is 0. The van der Waals surface area contributed by atoms with Crippen molar-refractivity contribution in [2.45, 2.75) is 32.7 Å². The fraction of sp³-hybridized carbons (Fsp3) is 0.455. The summed E-state index contributed by atoms with van der Waals surface area (Å²) in [7, 11) is 0. The molecule has 0 fully saturated rings. The van der Waals surface area contributed by atoms with Crippen LogP contribution in [0.3, 0.4) is 0 Å². The molecule has 1 rings (SSSR count). The zero-order valence-electron chi connectivity index (χ0n) is 8.56. The van der Waals surface area contributed by atoms with Crippen molar-refractivity contribution in [3.63, 3.8) is 0 Å². The Morgan fingerprint density at radius 3 is 2.64 bits per heavy atom. The number of carbonyl (C=O) groups excluding carboxylic acids is 1. The number of Topliss-reactive ketones (excluding diaryl/α,β-unsaturated/α-hetero) is 1. The van der Waals surface area contributed by atoms with Gasteiger partial charge in [-0.2, -0.15) is 0 Å². The third-order valence-corrected chi connectivity index (χ3v) is 2.29. The van der Waals surface area contributed by atoms with E-state index in [-0.39, 0.29) is 17.4 Å². The highest BCUT2D eigenvalue weighted by Gasteiger charge is 2.16. The summed E-state index contributed by atoms with van der Waals surface area (Å²) in [5.74, 6) is 0.112. The molecule has 0 aliphatic rings. The first-order valence-corrected chi connectivity index (χ1v) is 4.90. The van der Waals surface area contributed by atoms with Gasteiger partial charge in [0.15, 0.2) is 5.78 Å². The van der Waals surface area contributed by atoms with E-state index in [9.17, 15) is 9.59 Å². The van der Waals surface area contributed by atoms with Gasteiger partial charge >= 0.3 is 0 Å². The summed E-state index contributed by atoms with van der Waals surface area (Å²) in [5.41, 5.74) is -0.110. The Kier molecular flexibility index (Phi) is 3.63. The number of hydrogen-bond donors (Lipinski definition) is 0. The van der Waals surface area contributed by atoms with E-state index in [0.717, 1.165) is 0 Å². The van der Waals surface area contributed by atoms with Crippen molar-refractivity contribution in [3.8, 4) is 0 Å². The number of aromatic nitrogens is 1. The molecule has 3 heteroatoms. The molecule has 0 bridgehead atoms. The minimum absolute atomic E-state index is 0.110. The Morgan fingerprint density at radius 2 is 2.14 bits per heavy atom. The highest BCUT2D eigenvalue weighted by Crippen LogP contribution is 2.11. The van der Waals surface area contributed by atoms with Crippen molar-refractivity contribution in [1.29, 1.82) is 0 Å². The summed E-state index contributed by atoms with van der Waals surface area (Å²) in [6.45, 7) is 3.73. The molecule has 1 atom stereocenters. The lowest BCUT2D eigenvalue weighted by Gasteiger charge is -2.15. The Morgan fingerprint density at radius 1 is 1.43 bits per heavy atom. The van der Waals surface area contributed by atoms with Gasteiger partial charge in [-0.3, -0.25) is 9.59 Å². The van der Waals surface area contributed by atoms with Crippen LogP contribution in [0.1, 0.15) is 32.7 Å². The van der Waals surface area contributed by atoms with Crippen LogP contribution < -0.4 is 5.56 Å². The van der Waals surface area contributed by atoms with Crippen molar-refractivity contribution in [3.05, 3.63) is 34.7 Å². The zero-order chi connectivity index (χ0) is 10.6. The topological polar surface area (TPSA) is 39.1 Å². The first kappa shape index (κ1) is 10.7. The number of carbonyl (C=O) groups is 1. The molecule has 3 nitrogen and oxygen atoms in total. The van der Waals surface area contributed by atoms with E-state index >= 15 is 0 Å². The number of ketones is 1. The van der Waals surface area contributed by atoms with E-state index < -0.39 is 0 Å². The summed E-state index contributed by atoms with van der Waals surface area (Å²) < 4.78 is 1.51. The Balaban J connectivity index is 3.07. The lowest BCUT2D eigenvalue weighted by Crippen LogP contribution is -2.28. The molecule has 0 aliphatic carbocycles. The molecule has 0 saturated heterocycles. The fourth-order valence-electron chi connectivity index (χ4n) is 1.51. The van der Waals surface area contributed by atoms with Crippen LogP contribution in [-0.4, -0.2) is 10.4 Å². The van der Waals surface area contributed by atoms with Gasteiger partial charge in [0.05, 0.1) is 6.04 Å². The van der Waals surface area contributed by atoms with Crippen molar-refractivity contribution in [2.75, 3.05) is 0 Å². The second-order valence-electron chi connectivity index (χ2n) is 3.19. The van der Waals surface area contributed by atoms with Crippen molar-refractivity contribution < 1.29 is 4.79 Å². The van der Waals surface area contributed by atoms with Gasteiger partial charge in [0, 0.05) is 18.7 Å². The largest absolute Gasteiger partial charge is 0.305 e. The van der Waals surface area contributed by atoms with Gasteiger partial charge in [0.25, 0.3) is 5.56 Å². The Bertz CT molecular complexity index is 368. The van der Waals surface area contributed by atoms with Crippen LogP contribution >= 0.6 is 0 Å². The molecular weight excluding hydrogens is 178 g/mol. The maximum Gasteiger partial charge on any atom is 0.251 e. The van der Waals surface area contributed by atoms with Gasteiger partial charge in [-0.05, 0) is 12.5 Å². The molecule has 0 aliphatic heterocycles. The molecule has 76 valence electrons. The van der Waals surface area contributed by atoms with Gasteiger partial charge < -0.3 is 4.57 Å². The van der Waals surface area contributed by atoms with E-state index in [4.69, 9.17) is 0 Å². The van der Waals surface area contributed by atoms with E-state index in [1.807, 2.05) is 13.8 Å². The zero-order valence-corrected chi connectivity index (χ0v) is 8.56. The molecule has 0 saturated carbocycles. The summed E-state index contributed by atoms with van der Waals surface area (Å²) >= 11 is 0. The smallest absolute Gasteiger partial charge is 0.251 e. The SMILES string of the molecule is CCC(=O)C(CC)n1ccccc1=O. The van der Waals surface area contributed by atoms with E-state index in [2.05, 4.69) is 0 Å². The lowest BCUT2D eigenvalue weighted by molar-refractivity contribution is -0.122. The minimum atomic E-state index is -0.298. The average molecular weight is 193 g/mol.